The zero-order valence-corrected chi connectivity index (χ0v) is 12.4. The van der Waals surface area contributed by atoms with Crippen LogP contribution in [0.15, 0.2) is 42.6 Å². The van der Waals surface area contributed by atoms with Crippen molar-refractivity contribution in [3.05, 3.63) is 59.7 Å². The van der Waals surface area contributed by atoms with Gasteiger partial charge in [0.15, 0.2) is 0 Å². The van der Waals surface area contributed by atoms with Crippen LogP contribution in [0.4, 0.5) is 4.39 Å². The summed E-state index contributed by atoms with van der Waals surface area (Å²) in [5, 5.41) is 0. The monoisotopic (exact) mass is 323 g/mol. The summed E-state index contributed by atoms with van der Waals surface area (Å²) in [6.07, 6.45) is 1.75. The first-order valence-electron chi connectivity index (χ1n) is 6.02. The molecule has 0 radical (unpaired) electrons. The molecule has 0 saturated carbocycles. The third kappa shape index (κ3) is 3.13. The lowest BCUT2D eigenvalue weighted by Gasteiger charge is -2.19. The van der Waals surface area contributed by atoms with Crippen molar-refractivity contribution in [1.82, 2.24) is 4.98 Å². The number of aromatic nitrogens is 1. The van der Waals surface area contributed by atoms with Crippen molar-refractivity contribution in [3.8, 4) is 5.75 Å². The number of nitrogens with zero attached hydrogens (tertiary/aromatic N) is 1. The average Bonchev–Trinajstić information content (AvgIpc) is 2.46. The highest BCUT2D eigenvalue weighted by molar-refractivity contribution is 9.09. The van der Waals surface area contributed by atoms with Gasteiger partial charge in [-0.1, -0.05) is 35.0 Å². The van der Waals surface area contributed by atoms with Gasteiger partial charge in [-0.15, -0.1) is 0 Å². The lowest BCUT2D eigenvalue weighted by Crippen LogP contribution is -2.06. The van der Waals surface area contributed by atoms with Crippen LogP contribution in [0.2, 0.25) is 0 Å². The number of hydrogen-bond acceptors (Lipinski definition) is 2. The highest BCUT2D eigenvalue weighted by atomic mass is 79.9. The van der Waals surface area contributed by atoms with Gasteiger partial charge in [0.1, 0.15) is 11.6 Å². The Morgan fingerprint density at radius 3 is 2.63 bits per heavy atom. The fraction of sp³-hybridized carbons (Fsp3) is 0.267. The molecule has 100 valence electrons. The molecule has 0 fully saturated rings. The van der Waals surface area contributed by atoms with Gasteiger partial charge in [-0.2, -0.15) is 0 Å². The van der Waals surface area contributed by atoms with E-state index in [4.69, 9.17) is 4.74 Å². The second kappa shape index (κ2) is 6.15. The Kier molecular flexibility index (Phi) is 4.53. The minimum Gasteiger partial charge on any atom is -0.497 e. The maximum Gasteiger partial charge on any atom is 0.131 e. The highest BCUT2D eigenvalue weighted by Crippen LogP contribution is 2.38. The van der Waals surface area contributed by atoms with E-state index in [9.17, 15) is 4.39 Å². The molecule has 19 heavy (non-hydrogen) atoms. The highest BCUT2D eigenvalue weighted by Gasteiger charge is 2.22. The van der Waals surface area contributed by atoms with Crippen molar-refractivity contribution < 1.29 is 9.13 Å². The summed E-state index contributed by atoms with van der Waals surface area (Å²) in [5.74, 6) is 0.319. The Balaban J connectivity index is 2.26. The second-order valence-electron chi connectivity index (χ2n) is 4.33. The van der Waals surface area contributed by atoms with Crippen molar-refractivity contribution in [2.24, 2.45) is 0 Å². The number of halogens is 2. The van der Waals surface area contributed by atoms with Gasteiger partial charge in [0.05, 0.1) is 11.9 Å². The fourth-order valence-electron chi connectivity index (χ4n) is 1.92. The Morgan fingerprint density at radius 1 is 1.26 bits per heavy atom. The second-order valence-corrected chi connectivity index (χ2v) is 5.32. The van der Waals surface area contributed by atoms with E-state index in [2.05, 4.69) is 20.9 Å². The molecule has 0 saturated heterocycles. The van der Waals surface area contributed by atoms with Gasteiger partial charge in [-0.3, -0.25) is 4.98 Å². The lowest BCUT2D eigenvalue weighted by molar-refractivity contribution is 0.410. The topological polar surface area (TPSA) is 22.1 Å². The van der Waals surface area contributed by atoms with E-state index in [0.717, 1.165) is 5.69 Å². The third-order valence-electron chi connectivity index (χ3n) is 3.10. The first kappa shape index (κ1) is 14.0. The van der Waals surface area contributed by atoms with Crippen LogP contribution in [0, 0.1) is 5.82 Å². The summed E-state index contributed by atoms with van der Waals surface area (Å²) in [4.78, 5) is 4.18. The van der Waals surface area contributed by atoms with E-state index in [1.165, 1.54) is 13.2 Å². The van der Waals surface area contributed by atoms with Gasteiger partial charge in [0.2, 0.25) is 0 Å². The van der Waals surface area contributed by atoms with Gasteiger partial charge in [0, 0.05) is 29.4 Å². The standard InChI is InChI=1S/C15H15BrFNO/c1-10(14-5-3-4-8-18-14)15(16)12-7-6-11(19-2)9-13(12)17/h3-10,15H,1-2H3. The number of hydrogen-bond donors (Lipinski definition) is 0. The SMILES string of the molecule is COc1ccc(C(Br)C(C)c2ccccn2)c(F)c1. The van der Waals surface area contributed by atoms with E-state index >= 15 is 0 Å². The van der Waals surface area contributed by atoms with Crippen LogP contribution < -0.4 is 4.74 Å². The molecule has 2 aromatic rings. The normalized spacial score (nSPS) is 13.9. The summed E-state index contributed by atoms with van der Waals surface area (Å²) in [5.41, 5.74) is 1.54. The molecule has 0 N–H and O–H groups in total. The molecule has 2 atom stereocenters. The maximum absolute atomic E-state index is 14.0. The van der Waals surface area contributed by atoms with E-state index in [-0.39, 0.29) is 16.6 Å². The van der Waals surface area contributed by atoms with Crippen molar-refractivity contribution in [3.63, 3.8) is 0 Å². The zero-order chi connectivity index (χ0) is 13.8. The molecule has 0 spiro atoms. The van der Waals surface area contributed by atoms with E-state index in [1.54, 1.807) is 18.3 Å². The smallest absolute Gasteiger partial charge is 0.131 e. The molecule has 2 nitrogen and oxygen atoms in total. The molecule has 0 bridgehead atoms. The molecular weight excluding hydrogens is 309 g/mol. The number of methoxy groups -OCH3 is 1. The number of rotatable bonds is 4. The third-order valence-corrected chi connectivity index (χ3v) is 4.38. The van der Waals surface area contributed by atoms with Gasteiger partial charge in [-0.05, 0) is 18.2 Å². The first-order valence-corrected chi connectivity index (χ1v) is 6.93. The molecule has 0 amide bonds. The minimum absolute atomic E-state index is 0.0732. The van der Waals surface area contributed by atoms with Crippen molar-refractivity contribution in [2.45, 2.75) is 17.7 Å². The summed E-state index contributed by atoms with van der Waals surface area (Å²) in [6.45, 7) is 2.02. The molecule has 2 unspecified atom stereocenters. The predicted molar refractivity (Wildman–Crippen MR) is 77.3 cm³/mol. The van der Waals surface area contributed by atoms with Crippen molar-refractivity contribution in [1.29, 1.82) is 0 Å². The molecule has 0 aliphatic rings. The zero-order valence-electron chi connectivity index (χ0n) is 10.8. The van der Waals surface area contributed by atoms with Crippen LogP contribution in [-0.2, 0) is 0 Å². The van der Waals surface area contributed by atoms with Gasteiger partial charge in [0.25, 0.3) is 0 Å². The molecular formula is C15H15BrFNO. The average molecular weight is 324 g/mol. The Morgan fingerprint density at radius 2 is 2.05 bits per heavy atom. The molecule has 4 heteroatoms. The maximum atomic E-state index is 14.0. The van der Waals surface area contributed by atoms with Gasteiger partial charge >= 0.3 is 0 Å². The van der Waals surface area contributed by atoms with Crippen LogP contribution in [0.3, 0.4) is 0 Å². The van der Waals surface area contributed by atoms with E-state index < -0.39 is 0 Å². The number of ether oxygens (including phenoxy) is 1. The molecule has 0 aliphatic heterocycles. The number of pyridine rings is 1. The number of benzene rings is 1. The van der Waals surface area contributed by atoms with Crippen LogP contribution in [0.25, 0.3) is 0 Å². The molecule has 1 heterocycles. The summed E-state index contributed by atoms with van der Waals surface area (Å²) >= 11 is 3.56. The number of alkyl halides is 1. The first-order chi connectivity index (χ1) is 9.13. The fourth-order valence-corrected chi connectivity index (χ4v) is 2.57. The largest absolute Gasteiger partial charge is 0.497 e. The Hall–Kier alpha value is -1.42. The van der Waals surface area contributed by atoms with E-state index in [0.29, 0.717) is 11.3 Å². The molecule has 0 aliphatic carbocycles. The molecule has 1 aromatic carbocycles. The Bertz CT molecular complexity index is 547. The Labute approximate surface area is 120 Å². The lowest BCUT2D eigenvalue weighted by atomic mass is 9.97. The van der Waals surface area contributed by atoms with Crippen LogP contribution in [0.1, 0.15) is 28.9 Å². The van der Waals surface area contributed by atoms with Gasteiger partial charge < -0.3 is 4.74 Å². The molecule has 2 rings (SSSR count). The van der Waals surface area contributed by atoms with E-state index in [1.807, 2.05) is 25.1 Å². The minimum atomic E-state index is -0.274. The van der Waals surface area contributed by atoms with Crippen LogP contribution in [-0.4, -0.2) is 12.1 Å². The van der Waals surface area contributed by atoms with Gasteiger partial charge in [-0.25, -0.2) is 4.39 Å². The van der Waals surface area contributed by atoms with Crippen molar-refractivity contribution >= 4 is 15.9 Å². The molecule has 1 aromatic heterocycles. The predicted octanol–water partition coefficient (Wildman–Crippen LogP) is 4.47. The summed E-state index contributed by atoms with van der Waals surface area (Å²) in [7, 11) is 1.52. The quantitative estimate of drug-likeness (QED) is 0.774. The van der Waals surface area contributed by atoms with Crippen LogP contribution >= 0.6 is 15.9 Å². The van der Waals surface area contributed by atoms with Crippen LogP contribution in [0.5, 0.6) is 5.75 Å². The van der Waals surface area contributed by atoms with Crippen molar-refractivity contribution in [2.75, 3.05) is 7.11 Å². The summed E-state index contributed by atoms with van der Waals surface area (Å²) in [6, 6.07) is 10.6. The summed E-state index contributed by atoms with van der Waals surface area (Å²) < 4.78 is 19.0.